The van der Waals surface area contributed by atoms with Crippen molar-refractivity contribution in [3.63, 3.8) is 0 Å². The highest BCUT2D eigenvalue weighted by atomic mass is 35.5. The largest absolute Gasteiger partial charge is 0.314 e. The summed E-state index contributed by atoms with van der Waals surface area (Å²) in [6.45, 7) is 2.92. The second kappa shape index (κ2) is 4.71. The van der Waals surface area contributed by atoms with E-state index in [2.05, 4.69) is 17.3 Å². The minimum Gasteiger partial charge on any atom is -0.314 e. The first-order chi connectivity index (χ1) is 7.18. The molecule has 0 aliphatic carbocycles. The molecule has 82 valence electrons. The Morgan fingerprint density at radius 3 is 2.40 bits per heavy atom. The summed E-state index contributed by atoms with van der Waals surface area (Å²) in [7, 11) is 2.10. The van der Waals surface area contributed by atoms with Gasteiger partial charge in [-0.3, -0.25) is 4.90 Å². The van der Waals surface area contributed by atoms with Crippen LogP contribution < -0.4 is 5.32 Å². The molecule has 0 radical (unpaired) electrons. The number of hydrogen-bond acceptors (Lipinski definition) is 2. The molecule has 1 saturated heterocycles. The van der Waals surface area contributed by atoms with Gasteiger partial charge in [-0.1, -0.05) is 29.3 Å². The monoisotopic (exact) mass is 244 g/mol. The molecule has 0 saturated carbocycles. The zero-order valence-corrected chi connectivity index (χ0v) is 10.1. The summed E-state index contributed by atoms with van der Waals surface area (Å²) >= 11 is 12.2. The first-order valence-electron chi connectivity index (χ1n) is 5.02. The fourth-order valence-corrected chi connectivity index (χ4v) is 2.16. The minimum atomic E-state index is 0.609. The van der Waals surface area contributed by atoms with E-state index in [-0.39, 0.29) is 0 Å². The molecule has 0 atom stereocenters. The Bertz CT molecular complexity index is 330. The predicted molar refractivity (Wildman–Crippen MR) is 64.6 cm³/mol. The van der Waals surface area contributed by atoms with E-state index < -0.39 is 0 Å². The first kappa shape index (κ1) is 11.2. The second-order valence-corrected chi connectivity index (χ2v) is 4.74. The van der Waals surface area contributed by atoms with E-state index >= 15 is 0 Å². The third-order valence-electron chi connectivity index (χ3n) is 2.85. The zero-order chi connectivity index (χ0) is 10.8. The van der Waals surface area contributed by atoms with Crippen LogP contribution in [-0.4, -0.2) is 31.1 Å². The Labute approximate surface area is 100 Å². The average molecular weight is 245 g/mol. The minimum absolute atomic E-state index is 0.609. The van der Waals surface area contributed by atoms with Crippen LogP contribution in [0.15, 0.2) is 18.2 Å². The van der Waals surface area contributed by atoms with Crippen LogP contribution in [0.4, 0.5) is 0 Å². The fraction of sp³-hybridized carbons (Fsp3) is 0.455. The standard InChI is InChI=1S/C11H14Cl2N2/c1-15(8-5-14-6-8)7-9-10(12)3-2-4-11(9)13/h2-4,8,14H,5-7H2,1H3. The van der Waals surface area contributed by atoms with Gasteiger partial charge in [0.25, 0.3) is 0 Å². The topological polar surface area (TPSA) is 15.3 Å². The highest BCUT2D eigenvalue weighted by Crippen LogP contribution is 2.26. The molecule has 2 rings (SSSR count). The highest BCUT2D eigenvalue weighted by molar-refractivity contribution is 6.35. The van der Waals surface area contributed by atoms with E-state index in [1.807, 2.05) is 18.2 Å². The van der Waals surface area contributed by atoms with Crippen molar-refractivity contribution in [2.45, 2.75) is 12.6 Å². The number of rotatable bonds is 3. The predicted octanol–water partition coefficient (Wildman–Crippen LogP) is 2.40. The summed E-state index contributed by atoms with van der Waals surface area (Å²) in [5, 5.41) is 4.75. The van der Waals surface area contributed by atoms with Gasteiger partial charge in [0.05, 0.1) is 0 Å². The Balaban J connectivity index is 2.09. The summed E-state index contributed by atoms with van der Waals surface area (Å²) in [5.41, 5.74) is 1.02. The van der Waals surface area contributed by atoms with Crippen molar-refractivity contribution in [1.29, 1.82) is 0 Å². The van der Waals surface area contributed by atoms with Crippen LogP contribution in [-0.2, 0) is 6.54 Å². The van der Waals surface area contributed by atoms with Gasteiger partial charge < -0.3 is 5.32 Å². The summed E-state index contributed by atoms with van der Waals surface area (Å²) in [4.78, 5) is 2.28. The van der Waals surface area contributed by atoms with E-state index in [1.54, 1.807) is 0 Å². The van der Waals surface area contributed by atoms with Crippen molar-refractivity contribution >= 4 is 23.2 Å². The van der Waals surface area contributed by atoms with Crippen LogP contribution in [0.2, 0.25) is 10.0 Å². The summed E-state index contributed by atoms with van der Waals surface area (Å²) in [6, 6.07) is 6.25. The molecule has 1 aromatic carbocycles. The fourth-order valence-electron chi connectivity index (χ4n) is 1.65. The van der Waals surface area contributed by atoms with Gasteiger partial charge in [0.15, 0.2) is 0 Å². The van der Waals surface area contributed by atoms with Crippen LogP contribution >= 0.6 is 23.2 Å². The number of nitrogens with one attached hydrogen (secondary N) is 1. The third-order valence-corrected chi connectivity index (χ3v) is 3.56. The van der Waals surface area contributed by atoms with Gasteiger partial charge in [0.2, 0.25) is 0 Å². The van der Waals surface area contributed by atoms with Gasteiger partial charge in [0.1, 0.15) is 0 Å². The van der Waals surface area contributed by atoms with E-state index in [4.69, 9.17) is 23.2 Å². The van der Waals surface area contributed by atoms with E-state index in [0.717, 1.165) is 35.2 Å². The van der Waals surface area contributed by atoms with Gasteiger partial charge >= 0.3 is 0 Å². The molecule has 4 heteroatoms. The van der Waals surface area contributed by atoms with Gasteiger partial charge in [-0.2, -0.15) is 0 Å². The number of likely N-dealkylation sites (N-methyl/N-ethyl adjacent to an activating group) is 1. The lowest BCUT2D eigenvalue weighted by molar-refractivity contribution is 0.173. The maximum atomic E-state index is 6.11. The lowest BCUT2D eigenvalue weighted by atomic mass is 10.1. The molecule has 0 bridgehead atoms. The molecule has 1 fully saturated rings. The molecule has 0 amide bonds. The quantitative estimate of drug-likeness (QED) is 0.879. The Morgan fingerprint density at radius 1 is 1.33 bits per heavy atom. The lowest BCUT2D eigenvalue weighted by Crippen LogP contribution is -2.55. The molecule has 0 aromatic heterocycles. The van der Waals surface area contributed by atoms with Crippen LogP contribution in [0.3, 0.4) is 0 Å². The maximum absolute atomic E-state index is 6.11. The van der Waals surface area contributed by atoms with Crippen molar-refractivity contribution in [3.05, 3.63) is 33.8 Å². The average Bonchev–Trinajstić information content (AvgIpc) is 2.08. The normalized spacial score (nSPS) is 16.8. The Hall–Kier alpha value is -0.280. The zero-order valence-electron chi connectivity index (χ0n) is 8.63. The molecule has 15 heavy (non-hydrogen) atoms. The van der Waals surface area contributed by atoms with Crippen molar-refractivity contribution in [2.75, 3.05) is 20.1 Å². The van der Waals surface area contributed by atoms with Crippen LogP contribution in [0.1, 0.15) is 5.56 Å². The van der Waals surface area contributed by atoms with E-state index in [9.17, 15) is 0 Å². The molecule has 2 nitrogen and oxygen atoms in total. The molecule has 0 unspecified atom stereocenters. The van der Waals surface area contributed by atoms with Crippen LogP contribution in [0, 0.1) is 0 Å². The van der Waals surface area contributed by atoms with Crippen molar-refractivity contribution in [2.24, 2.45) is 0 Å². The van der Waals surface area contributed by atoms with Crippen molar-refractivity contribution in [1.82, 2.24) is 10.2 Å². The van der Waals surface area contributed by atoms with Crippen molar-refractivity contribution in [3.8, 4) is 0 Å². The maximum Gasteiger partial charge on any atom is 0.0465 e. The van der Waals surface area contributed by atoms with E-state index in [0.29, 0.717) is 6.04 Å². The molecule has 1 heterocycles. The Morgan fingerprint density at radius 2 is 1.93 bits per heavy atom. The van der Waals surface area contributed by atoms with Gasteiger partial charge in [-0.15, -0.1) is 0 Å². The SMILES string of the molecule is CN(Cc1c(Cl)cccc1Cl)C1CNC1. The third kappa shape index (κ3) is 2.45. The van der Waals surface area contributed by atoms with Gasteiger partial charge in [-0.05, 0) is 19.2 Å². The molecular formula is C11H14Cl2N2. The molecule has 1 aromatic rings. The lowest BCUT2D eigenvalue weighted by Gasteiger charge is -2.35. The number of benzene rings is 1. The van der Waals surface area contributed by atoms with Crippen molar-refractivity contribution < 1.29 is 0 Å². The summed E-state index contributed by atoms with van der Waals surface area (Å²) in [5.74, 6) is 0. The van der Waals surface area contributed by atoms with Crippen LogP contribution in [0.25, 0.3) is 0 Å². The molecule has 1 N–H and O–H groups in total. The molecule has 1 aliphatic rings. The molecular weight excluding hydrogens is 231 g/mol. The second-order valence-electron chi connectivity index (χ2n) is 3.93. The van der Waals surface area contributed by atoms with Gasteiger partial charge in [-0.25, -0.2) is 0 Å². The first-order valence-corrected chi connectivity index (χ1v) is 5.78. The number of nitrogens with zero attached hydrogens (tertiary/aromatic N) is 1. The van der Waals surface area contributed by atoms with E-state index in [1.165, 1.54) is 0 Å². The van der Waals surface area contributed by atoms with Gasteiger partial charge in [0, 0.05) is 41.3 Å². The van der Waals surface area contributed by atoms with Crippen LogP contribution in [0.5, 0.6) is 0 Å². The number of hydrogen-bond donors (Lipinski definition) is 1. The summed E-state index contributed by atoms with van der Waals surface area (Å²) in [6.07, 6.45) is 0. The smallest absolute Gasteiger partial charge is 0.0465 e. The molecule has 0 spiro atoms. The Kier molecular flexibility index (Phi) is 3.52. The highest BCUT2D eigenvalue weighted by Gasteiger charge is 2.22. The summed E-state index contributed by atoms with van der Waals surface area (Å²) < 4.78 is 0. The number of halogens is 2. The molecule has 1 aliphatic heterocycles.